The van der Waals surface area contributed by atoms with E-state index in [4.69, 9.17) is 16.0 Å². The number of fused-ring (bicyclic) bond motifs is 1. The number of rotatable bonds is 5. The summed E-state index contributed by atoms with van der Waals surface area (Å²) in [4.78, 5) is 31.3. The number of carbonyl (C=O) groups excluding carboxylic acids is 2. The Bertz CT molecular complexity index is 1060. The SMILES string of the molecule is O=C(c1ccco1)N(CC(=O)N1CCc2sccc2C1c1ccc(Cl)cc1)C1CC1. The molecule has 1 saturated carbocycles. The summed E-state index contributed by atoms with van der Waals surface area (Å²) in [5.41, 5.74) is 2.19. The van der Waals surface area contributed by atoms with E-state index in [-0.39, 0.29) is 36.2 Å². The van der Waals surface area contributed by atoms with Crippen molar-refractivity contribution in [3.05, 3.63) is 80.9 Å². The van der Waals surface area contributed by atoms with Gasteiger partial charge in [0, 0.05) is 22.5 Å². The zero-order valence-corrected chi connectivity index (χ0v) is 17.9. The molecule has 2 aliphatic rings. The molecular formula is C23H21ClN2O3S. The van der Waals surface area contributed by atoms with E-state index in [9.17, 15) is 9.59 Å². The molecule has 0 saturated heterocycles. The average molecular weight is 441 g/mol. The Morgan fingerprint density at radius 2 is 1.97 bits per heavy atom. The molecule has 1 fully saturated rings. The van der Waals surface area contributed by atoms with Crippen molar-refractivity contribution in [3.8, 4) is 0 Å². The maximum atomic E-state index is 13.5. The fourth-order valence-corrected chi connectivity index (χ4v) is 5.15. The van der Waals surface area contributed by atoms with Crippen LogP contribution in [0.15, 0.2) is 58.5 Å². The lowest BCUT2D eigenvalue weighted by molar-refractivity contribution is -0.134. The van der Waals surface area contributed by atoms with E-state index < -0.39 is 0 Å². The Morgan fingerprint density at radius 3 is 2.67 bits per heavy atom. The summed E-state index contributed by atoms with van der Waals surface area (Å²) < 4.78 is 5.29. The maximum absolute atomic E-state index is 13.5. The van der Waals surface area contributed by atoms with Crippen molar-refractivity contribution in [1.82, 2.24) is 9.80 Å². The molecule has 1 aromatic carbocycles. The second-order valence-corrected chi connectivity index (χ2v) is 9.17. The van der Waals surface area contributed by atoms with Crippen molar-refractivity contribution in [1.29, 1.82) is 0 Å². The van der Waals surface area contributed by atoms with Crippen LogP contribution in [0.25, 0.3) is 0 Å². The van der Waals surface area contributed by atoms with Crippen molar-refractivity contribution >= 4 is 34.8 Å². The first-order valence-electron chi connectivity index (χ1n) is 10.1. The van der Waals surface area contributed by atoms with E-state index in [0.717, 1.165) is 30.4 Å². The largest absolute Gasteiger partial charge is 0.459 e. The number of furan rings is 1. The fourth-order valence-electron chi connectivity index (χ4n) is 4.12. The van der Waals surface area contributed by atoms with Gasteiger partial charge in [0.15, 0.2) is 5.76 Å². The van der Waals surface area contributed by atoms with E-state index in [1.54, 1.807) is 28.4 Å². The van der Waals surface area contributed by atoms with Crippen LogP contribution in [0.3, 0.4) is 0 Å². The van der Waals surface area contributed by atoms with Gasteiger partial charge in [0.25, 0.3) is 5.91 Å². The van der Waals surface area contributed by atoms with E-state index >= 15 is 0 Å². The van der Waals surface area contributed by atoms with Gasteiger partial charge in [0.2, 0.25) is 5.91 Å². The van der Waals surface area contributed by atoms with E-state index in [1.165, 1.54) is 11.1 Å². The van der Waals surface area contributed by atoms with Crippen molar-refractivity contribution in [2.24, 2.45) is 0 Å². The van der Waals surface area contributed by atoms with E-state index in [2.05, 4.69) is 11.4 Å². The number of hydrogen-bond donors (Lipinski definition) is 0. The molecule has 1 unspecified atom stereocenters. The monoisotopic (exact) mass is 440 g/mol. The maximum Gasteiger partial charge on any atom is 0.290 e. The molecule has 3 aromatic rings. The Hall–Kier alpha value is -2.57. The molecule has 154 valence electrons. The molecule has 0 spiro atoms. The lowest BCUT2D eigenvalue weighted by Crippen LogP contribution is -2.47. The molecule has 1 aliphatic carbocycles. The van der Waals surface area contributed by atoms with Gasteiger partial charge in [0.05, 0.1) is 12.3 Å². The van der Waals surface area contributed by atoms with E-state index in [0.29, 0.717) is 11.6 Å². The number of hydrogen-bond acceptors (Lipinski definition) is 4. The van der Waals surface area contributed by atoms with Gasteiger partial charge in [-0.3, -0.25) is 9.59 Å². The average Bonchev–Trinajstić information content (AvgIpc) is 3.24. The molecule has 0 radical (unpaired) electrons. The molecule has 0 N–H and O–H groups in total. The van der Waals surface area contributed by atoms with Crippen molar-refractivity contribution in [3.63, 3.8) is 0 Å². The summed E-state index contributed by atoms with van der Waals surface area (Å²) in [6.45, 7) is 0.695. The first-order valence-corrected chi connectivity index (χ1v) is 11.3. The van der Waals surface area contributed by atoms with Crippen LogP contribution in [0.1, 0.15) is 45.4 Å². The van der Waals surface area contributed by atoms with Gasteiger partial charge in [0.1, 0.15) is 6.54 Å². The number of amides is 2. The highest BCUT2D eigenvalue weighted by Gasteiger charge is 2.39. The summed E-state index contributed by atoms with van der Waals surface area (Å²) in [6, 6.07) is 13.1. The lowest BCUT2D eigenvalue weighted by atomic mass is 9.93. The molecule has 2 amide bonds. The molecule has 0 bridgehead atoms. The highest BCUT2D eigenvalue weighted by Crippen LogP contribution is 2.38. The minimum absolute atomic E-state index is 0.0430. The van der Waals surface area contributed by atoms with Crippen LogP contribution in [-0.2, 0) is 11.2 Å². The first kappa shape index (κ1) is 19.4. The normalized spacial score (nSPS) is 18.2. The third-order valence-corrected chi connectivity index (χ3v) is 7.01. The molecule has 30 heavy (non-hydrogen) atoms. The summed E-state index contributed by atoms with van der Waals surface area (Å²) in [6.07, 6.45) is 4.17. The zero-order valence-electron chi connectivity index (χ0n) is 16.3. The van der Waals surface area contributed by atoms with Crippen molar-refractivity contribution < 1.29 is 14.0 Å². The predicted octanol–water partition coefficient (Wildman–Crippen LogP) is 4.77. The first-order chi connectivity index (χ1) is 14.6. The smallest absolute Gasteiger partial charge is 0.290 e. The van der Waals surface area contributed by atoms with E-state index in [1.807, 2.05) is 29.2 Å². The Labute approximate surface area is 183 Å². The topological polar surface area (TPSA) is 53.8 Å². The molecule has 7 heteroatoms. The van der Waals surface area contributed by atoms with Gasteiger partial charge >= 0.3 is 0 Å². The van der Waals surface area contributed by atoms with Gasteiger partial charge in [-0.2, -0.15) is 0 Å². The molecule has 5 rings (SSSR count). The number of benzene rings is 1. The van der Waals surface area contributed by atoms with Crippen LogP contribution >= 0.6 is 22.9 Å². The van der Waals surface area contributed by atoms with Crippen LogP contribution < -0.4 is 0 Å². The number of carbonyl (C=O) groups is 2. The second-order valence-electron chi connectivity index (χ2n) is 7.73. The third kappa shape index (κ3) is 3.66. The molecular weight excluding hydrogens is 420 g/mol. The van der Waals surface area contributed by atoms with Gasteiger partial charge in [-0.1, -0.05) is 23.7 Å². The Morgan fingerprint density at radius 1 is 1.17 bits per heavy atom. The summed E-state index contributed by atoms with van der Waals surface area (Å²) in [5, 5.41) is 2.75. The van der Waals surface area contributed by atoms with Crippen molar-refractivity contribution in [2.75, 3.05) is 13.1 Å². The lowest BCUT2D eigenvalue weighted by Gasteiger charge is -2.37. The highest BCUT2D eigenvalue weighted by atomic mass is 35.5. The minimum atomic E-state index is -0.216. The second kappa shape index (κ2) is 7.93. The number of halogens is 1. The Balaban J connectivity index is 1.43. The fraction of sp³-hybridized carbons (Fsp3) is 0.304. The molecule has 3 heterocycles. The zero-order chi connectivity index (χ0) is 20.7. The third-order valence-electron chi connectivity index (χ3n) is 5.76. The van der Waals surface area contributed by atoms with Gasteiger partial charge in [-0.15, -0.1) is 11.3 Å². The molecule has 1 atom stereocenters. The summed E-state index contributed by atoms with van der Waals surface area (Å²) in [7, 11) is 0. The quantitative estimate of drug-likeness (QED) is 0.574. The number of nitrogens with zero attached hydrogens (tertiary/aromatic N) is 2. The highest BCUT2D eigenvalue weighted by molar-refractivity contribution is 7.10. The molecule has 1 aliphatic heterocycles. The summed E-state index contributed by atoms with van der Waals surface area (Å²) >= 11 is 7.82. The van der Waals surface area contributed by atoms with Crippen LogP contribution in [0.5, 0.6) is 0 Å². The van der Waals surface area contributed by atoms with Gasteiger partial charge in [-0.05, 0) is 66.1 Å². The molecule has 5 nitrogen and oxygen atoms in total. The van der Waals surface area contributed by atoms with Crippen LogP contribution in [0.4, 0.5) is 0 Å². The van der Waals surface area contributed by atoms with Gasteiger partial charge in [-0.25, -0.2) is 0 Å². The van der Waals surface area contributed by atoms with Crippen LogP contribution in [0.2, 0.25) is 5.02 Å². The molecule has 2 aromatic heterocycles. The van der Waals surface area contributed by atoms with Crippen LogP contribution in [0, 0.1) is 0 Å². The summed E-state index contributed by atoms with van der Waals surface area (Å²) in [5.74, 6) is 0.0217. The van der Waals surface area contributed by atoms with Crippen molar-refractivity contribution in [2.45, 2.75) is 31.3 Å². The predicted molar refractivity (Wildman–Crippen MR) is 116 cm³/mol. The Kier molecular flexibility index (Phi) is 5.13. The van der Waals surface area contributed by atoms with Gasteiger partial charge < -0.3 is 14.2 Å². The standard InChI is InChI=1S/C23H21ClN2O3S/c24-16-5-3-15(4-6-16)22-18-10-13-30-20(18)9-11-25(22)21(27)14-26(17-7-8-17)23(28)19-2-1-12-29-19/h1-6,10,12-13,17,22H,7-9,11,14H2. The van der Waals surface area contributed by atoms with Crippen LogP contribution in [-0.4, -0.2) is 40.7 Å². The number of thiophene rings is 1. The minimum Gasteiger partial charge on any atom is -0.459 e.